The van der Waals surface area contributed by atoms with Crippen LogP contribution in [0.15, 0.2) is 53.4 Å². The van der Waals surface area contributed by atoms with Crippen LogP contribution in [0.2, 0.25) is 0 Å². The molecular weight excluding hydrogens is 250 g/mol. The Morgan fingerprint density at radius 1 is 1.05 bits per heavy atom. The third kappa shape index (κ3) is 3.87. The third-order valence-electron chi connectivity index (χ3n) is 3.05. The predicted octanol–water partition coefficient (Wildman–Crippen LogP) is 4.53. The second-order valence-corrected chi connectivity index (χ2v) is 5.94. The van der Waals surface area contributed by atoms with Crippen LogP contribution >= 0.6 is 11.8 Å². The molecule has 0 aromatic heterocycles. The summed E-state index contributed by atoms with van der Waals surface area (Å²) in [4.78, 5) is 1.20. The van der Waals surface area contributed by atoms with E-state index in [2.05, 4.69) is 56.3 Å². The van der Waals surface area contributed by atoms with E-state index in [1.165, 1.54) is 21.6 Å². The summed E-state index contributed by atoms with van der Waals surface area (Å²) in [5, 5.41) is 9.29. The molecule has 0 N–H and O–H groups in total. The minimum atomic E-state index is -0.0381. The molecule has 0 fully saturated rings. The van der Waals surface area contributed by atoms with Gasteiger partial charge in [-0.05, 0) is 37.5 Å². The number of thioether (sulfide) groups is 1. The summed E-state index contributed by atoms with van der Waals surface area (Å²) in [6, 6.07) is 19.0. The highest BCUT2D eigenvalue weighted by Crippen LogP contribution is 2.28. The fourth-order valence-electron chi connectivity index (χ4n) is 1.89. The van der Waals surface area contributed by atoms with Crippen molar-refractivity contribution >= 4 is 11.8 Å². The topological polar surface area (TPSA) is 23.8 Å². The van der Waals surface area contributed by atoms with Crippen LogP contribution in [-0.4, -0.2) is 5.25 Å². The average Bonchev–Trinajstić information content (AvgIpc) is 2.43. The lowest BCUT2D eigenvalue weighted by Gasteiger charge is -2.11. The van der Waals surface area contributed by atoms with Crippen molar-refractivity contribution < 1.29 is 0 Å². The summed E-state index contributed by atoms with van der Waals surface area (Å²) in [7, 11) is 0. The maximum Gasteiger partial charge on any atom is 0.100 e. The van der Waals surface area contributed by atoms with Gasteiger partial charge in [0.15, 0.2) is 0 Å². The predicted molar refractivity (Wildman–Crippen MR) is 81.3 cm³/mol. The van der Waals surface area contributed by atoms with Crippen molar-refractivity contribution in [3.8, 4) is 6.07 Å². The van der Waals surface area contributed by atoms with E-state index in [1.54, 1.807) is 11.8 Å². The van der Waals surface area contributed by atoms with E-state index in [4.69, 9.17) is 0 Å². The molecule has 2 aromatic carbocycles. The Morgan fingerprint density at radius 3 is 2.37 bits per heavy atom. The third-order valence-corrected chi connectivity index (χ3v) is 4.32. The SMILES string of the molecule is Cc1ccc(CC(C#N)Sc2ccccc2C)cc1. The van der Waals surface area contributed by atoms with E-state index in [0.29, 0.717) is 0 Å². The molecule has 1 atom stereocenters. The zero-order chi connectivity index (χ0) is 13.7. The Labute approximate surface area is 119 Å². The monoisotopic (exact) mass is 267 g/mol. The van der Waals surface area contributed by atoms with Gasteiger partial charge in [0, 0.05) is 4.90 Å². The van der Waals surface area contributed by atoms with Gasteiger partial charge < -0.3 is 0 Å². The van der Waals surface area contributed by atoms with Crippen LogP contribution < -0.4 is 0 Å². The first-order chi connectivity index (χ1) is 9.19. The number of hydrogen-bond acceptors (Lipinski definition) is 2. The fourth-order valence-corrected chi connectivity index (χ4v) is 2.94. The van der Waals surface area contributed by atoms with Crippen LogP contribution in [0.1, 0.15) is 16.7 Å². The quantitative estimate of drug-likeness (QED) is 0.760. The minimum Gasteiger partial charge on any atom is -0.197 e. The zero-order valence-corrected chi connectivity index (χ0v) is 12.1. The molecule has 19 heavy (non-hydrogen) atoms. The molecule has 1 nitrogen and oxygen atoms in total. The van der Waals surface area contributed by atoms with Crippen molar-refractivity contribution in [3.63, 3.8) is 0 Å². The van der Waals surface area contributed by atoms with Gasteiger partial charge in [-0.25, -0.2) is 0 Å². The van der Waals surface area contributed by atoms with Crippen LogP contribution in [0.4, 0.5) is 0 Å². The first kappa shape index (κ1) is 13.7. The minimum absolute atomic E-state index is 0.0381. The smallest absolute Gasteiger partial charge is 0.100 e. The second kappa shape index (κ2) is 6.45. The maximum absolute atomic E-state index is 9.32. The summed E-state index contributed by atoms with van der Waals surface area (Å²) in [5.74, 6) is 0. The molecule has 0 bridgehead atoms. The molecule has 0 spiro atoms. The molecule has 0 aliphatic rings. The molecule has 0 saturated heterocycles. The standard InChI is InChI=1S/C17H17NS/c1-13-7-9-15(10-8-13)11-16(12-18)19-17-6-4-3-5-14(17)2/h3-10,16H,11H2,1-2H3. The zero-order valence-electron chi connectivity index (χ0n) is 11.3. The van der Waals surface area contributed by atoms with Crippen LogP contribution in [0, 0.1) is 25.2 Å². The number of nitriles is 1. The highest BCUT2D eigenvalue weighted by atomic mass is 32.2. The Morgan fingerprint density at radius 2 is 1.74 bits per heavy atom. The lowest BCUT2D eigenvalue weighted by molar-refractivity contribution is 1.02. The summed E-state index contributed by atoms with van der Waals surface area (Å²) >= 11 is 1.65. The maximum atomic E-state index is 9.32. The first-order valence-corrected chi connectivity index (χ1v) is 7.24. The number of rotatable bonds is 4. The highest BCUT2D eigenvalue weighted by molar-refractivity contribution is 8.00. The van der Waals surface area contributed by atoms with Gasteiger partial charge in [0.25, 0.3) is 0 Å². The lowest BCUT2D eigenvalue weighted by Crippen LogP contribution is -2.04. The largest absolute Gasteiger partial charge is 0.197 e. The fraction of sp³-hybridized carbons (Fsp3) is 0.235. The molecule has 2 rings (SSSR count). The number of nitrogens with zero attached hydrogens (tertiary/aromatic N) is 1. The molecule has 2 aromatic rings. The van der Waals surface area contributed by atoms with Gasteiger partial charge in [0.2, 0.25) is 0 Å². The van der Waals surface area contributed by atoms with Crippen molar-refractivity contribution in [1.29, 1.82) is 5.26 Å². The van der Waals surface area contributed by atoms with Gasteiger partial charge in [-0.3, -0.25) is 0 Å². The van der Waals surface area contributed by atoms with Crippen LogP contribution in [-0.2, 0) is 6.42 Å². The van der Waals surface area contributed by atoms with E-state index in [1.807, 2.05) is 12.1 Å². The molecule has 1 unspecified atom stereocenters. The van der Waals surface area contributed by atoms with Gasteiger partial charge in [0.1, 0.15) is 5.25 Å². The van der Waals surface area contributed by atoms with Crippen molar-refractivity contribution in [2.75, 3.05) is 0 Å². The van der Waals surface area contributed by atoms with Crippen LogP contribution in [0.3, 0.4) is 0 Å². The van der Waals surface area contributed by atoms with Crippen LogP contribution in [0.5, 0.6) is 0 Å². The second-order valence-electron chi connectivity index (χ2n) is 4.69. The molecule has 0 aliphatic carbocycles. The molecular formula is C17H17NS. The van der Waals surface area contributed by atoms with Gasteiger partial charge in [-0.1, -0.05) is 48.0 Å². The van der Waals surface area contributed by atoms with E-state index >= 15 is 0 Å². The summed E-state index contributed by atoms with van der Waals surface area (Å²) in [6.07, 6.45) is 0.787. The number of aryl methyl sites for hydroxylation is 2. The summed E-state index contributed by atoms with van der Waals surface area (Å²) < 4.78 is 0. The van der Waals surface area contributed by atoms with E-state index < -0.39 is 0 Å². The highest BCUT2D eigenvalue weighted by Gasteiger charge is 2.11. The van der Waals surface area contributed by atoms with Crippen molar-refractivity contribution in [3.05, 3.63) is 65.2 Å². The summed E-state index contributed by atoms with van der Waals surface area (Å²) in [5.41, 5.74) is 3.71. The number of hydrogen-bond donors (Lipinski definition) is 0. The molecule has 0 radical (unpaired) electrons. The normalized spacial score (nSPS) is 11.8. The Bertz CT molecular complexity index is 581. The molecule has 0 saturated carbocycles. The van der Waals surface area contributed by atoms with Crippen molar-refractivity contribution in [1.82, 2.24) is 0 Å². The Hall–Kier alpha value is -1.72. The van der Waals surface area contributed by atoms with Gasteiger partial charge in [-0.15, -0.1) is 11.8 Å². The Balaban J connectivity index is 2.07. The van der Waals surface area contributed by atoms with Gasteiger partial charge in [0.05, 0.1) is 6.07 Å². The molecule has 0 amide bonds. The van der Waals surface area contributed by atoms with E-state index in [0.717, 1.165) is 6.42 Å². The van der Waals surface area contributed by atoms with Gasteiger partial charge in [-0.2, -0.15) is 5.26 Å². The molecule has 2 heteroatoms. The molecule has 0 aliphatic heterocycles. The molecule has 0 heterocycles. The Kier molecular flexibility index (Phi) is 4.65. The van der Waals surface area contributed by atoms with Gasteiger partial charge >= 0.3 is 0 Å². The van der Waals surface area contributed by atoms with Crippen LogP contribution in [0.25, 0.3) is 0 Å². The van der Waals surface area contributed by atoms with E-state index in [9.17, 15) is 5.26 Å². The average molecular weight is 267 g/mol. The van der Waals surface area contributed by atoms with Crippen molar-refractivity contribution in [2.24, 2.45) is 0 Å². The van der Waals surface area contributed by atoms with Crippen molar-refractivity contribution in [2.45, 2.75) is 30.4 Å². The molecule has 96 valence electrons. The number of benzene rings is 2. The first-order valence-electron chi connectivity index (χ1n) is 6.36. The summed E-state index contributed by atoms with van der Waals surface area (Å²) in [6.45, 7) is 4.16. The van der Waals surface area contributed by atoms with E-state index in [-0.39, 0.29) is 5.25 Å². The lowest BCUT2D eigenvalue weighted by atomic mass is 10.1.